The molecule has 0 amide bonds. The molecular formula is C19H20O2. The van der Waals surface area contributed by atoms with Crippen LogP contribution in [0.4, 0.5) is 0 Å². The number of allylic oxidation sites excluding steroid dienone is 3. The molecule has 0 bridgehead atoms. The van der Waals surface area contributed by atoms with Crippen LogP contribution in [0.1, 0.15) is 18.1 Å². The third-order valence-corrected chi connectivity index (χ3v) is 3.22. The zero-order chi connectivity index (χ0) is 15.1. The highest BCUT2D eigenvalue weighted by atomic mass is 16.5. The van der Waals surface area contributed by atoms with Crippen molar-refractivity contribution in [3.8, 4) is 11.5 Å². The summed E-state index contributed by atoms with van der Waals surface area (Å²) in [4.78, 5) is 0. The first kappa shape index (κ1) is 14.9. The Hall–Kier alpha value is -2.48. The first-order chi connectivity index (χ1) is 10.3. The van der Waals surface area contributed by atoms with Gasteiger partial charge in [0.2, 0.25) is 0 Å². The molecule has 0 saturated heterocycles. The fraction of sp³-hybridized carbons (Fsp3) is 0.158. The maximum atomic E-state index is 5.32. The standard InChI is InChI=1S/C19H20O2/c1-4-5-12-19(15-8-6-10-17(13-15)20-2)16-9-7-11-18(14-16)21-3/h4-14H,1-3H3/b5-4-. The van der Waals surface area contributed by atoms with E-state index in [4.69, 9.17) is 9.47 Å². The topological polar surface area (TPSA) is 18.5 Å². The maximum absolute atomic E-state index is 5.32. The van der Waals surface area contributed by atoms with Crippen molar-refractivity contribution in [3.05, 3.63) is 77.9 Å². The molecule has 0 atom stereocenters. The van der Waals surface area contributed by atoms with Crippen LogP contribution in [0, 0.1) is 0 Å². The highest BCUT2D eigenvalue weighted by Gasteiger charge is 2.06. The molecule has 2 aromatic carbocycles. The lowest BCUT2D eigenvalue weighted by Crippen LogP contribution is -1.91. The van der Waals surface area contributed by atoms with Crippen molar-refractivity contribution in [2.75, 3.05) is 14.2 Å². The lowest BCUT2D eigenvalue weighted by atomic mass is 9.97. The van der Waals surface area contributed by atoms with Gasteiger partial charge in [-0.1, -0.05) is 42.5 Å². The lowest BCUT2D eigenvalue weighted by molar-refractivity contribution is 0.414. The third kappa shape index (κ3) is 3.76. The van der Waals surface area contributed by atoms with Crippen molar-refractivity contribution >= 4 is 5.57 Å². The van der Waals surface area contributed by atoms with Crippen molar-refractivity contribution in [2.24, 2.45) is 0 Å². The highest BCUT2D eigenvalue weighted by molar-refractivity contribution is 5.81. The minimum Gasteiger partial charge on any atom is -0.497 e. The van der Waals surface area contributed by atoms with Crippen molar-refractivity contribution < 1.29 is 9.47 Å². The fourth-order valence-electron chi connectivity index (χ4n) is 2.13. The van der Waals surface area contributed by atoms with Crippen LogP contribution in [0.3, 0.4) is 0 Å². The van der Waals surface area contributed by atoms with E-state index in [1.54, 1.807) is 14.2 Å². The number of benzene rings is 2. The Balaban J connectivity index is 2.52. The van der Waals surface area contributed by atoms with E-state index >= 15 is 0 Å². The molecule has 108 valence electrons. The SMILES string of the molecule is C/C=C\C=C(c1cccc(OC)c1)c1cccc(OC)c1. The van der Waals surface area contributed by atoms with E-state index in [1.807, 2.05) is 55.5 Å². The average Bonchev–Trinajstić information content (AvgIpc) is 2.55. The Labute approximate surface area is 126 Å². The minimum atomic E-state index is 0.849. The summed E-state index contributed by atoms with van der Waals surface area (Å²) in [5.41, 5.74) is 3.35. The molecule has 0 spiro atoms. The van der Waals surface area contributed by atoms with Crippen molar-refractivity contribution in [1.82, 2.24) is 0 Å². The largest absolute Gasteiger partial charge is 0.497 e. The van der Waals surface area contributed by atoms with Gasteiger partial charge >= 0.3 is 0 Å². The number of hydrogen-bond donors (Lipinski definition) is 0. The maximum Gasteiger partial charge on any atom is 0.119 e. The first-order valence-corrected chi connectivity index (χ1v) is 6.90. The van der Waals surface area contributed by atoms with Gasteiger partial charge in [-0.2, -0.15) is 0 Å². The van der Waals surface area contributed by atoms with Crippen LogP contribution in [0.5, 0.6) is 11.5 Å². The van der Waals surface area contributed by atoms with Gasteiger partial charge in [-0.25, -0.2) is 0 Å². The third-order valence-electron chi connectivity index (χ3n) is 3.22. The molecule has 0 aromatic heterocycles. The summed E-state index contributed by atoms with van der Waals surface area (Å²) < 4.78 is 10.6. The van der Waals surface area contributed by atoms with E-state index in [2.05, 4.69) is 18.2 Å². The van der Waals surface area contributed by atoms with Gasteiger partial charge in [-0.15, -0.1) is 0 Å². The van der Waals surface area contributed by atoms with Gasteiger partial charge in [-0.3, -0.25) is 0 Å². The summed E-state index contributed by atoms with van der Waals surface area (Å²) in [5.74, 6) is 1.70. The molecule has 0 fully saturated rings. The molecule has 2 aromatic rings. The summed E-state index contributed by atoms with van der Waals surface area (Å²) in [6.07, 6.45) is 6.15. The summed E-state index contributed by atoms with van der Waals surface area (Å²) in [6.45, 7) is 2.01. The fourth-order valence-corrected chi connectivity index (χ4v) is 2.13. The molecule has 0 aliphatic carbocycles. The summed E-state index contributed by atoms with van der Waals surface area (Å²) in [5, 5.41) is 0. The number of rotatable bonds is 5. The van der Waals surface area contributed by atoms with Gasteiger partial charge in [-0.05, 0) is 47.9 Å². The molecular weight excluding hydrogens is 260 g/mol. The Bertz CT molecular complexity index is 605. The van der Waals surface area contributed by atoms with E-state index < -0.39 is 0 Å². The highest BCUT2D eigenvalue weighted by Crippen LogP contribution is 2.28. The molecule has 0 saturated carbocycles. The summed E-state index contributed by atoms with van der Waals surface area (Å²) >= 11 is 0. The zero-order valence-electron chi connectivity index (χ0n) is 12.7. The van der Waals surface area contributed by atoms with E-state index in [0.717, 1.165) is 28.2 Å². The molecule has 0 unspecified atom stereocenters. The first-order valence-electron chi connectivity index (χ1n) is 6.90. The molecule has 0 N–H and O–H groups in total. The Morgan fingerprint density at radius 2 is 1.38 bits per heavy atom. The predicted octanol–water partition coefficient (Wildman–Crippen LogP) is 4.71. The van der Waals surface area contributed by atoms with Crippen molar-refractivity contribution in [1.29, 1.82) is 0 Å². The smallest absolute Gasteiger partial charge is 0.119 e. The molecule has 0 heterocycles. The van der Waals surface area contributed by atoms with Crippen LogP contribution in [0.2, 0.25) is 0 Å². The Morgan fingerprint density at radius 3 is 1.81 bits per heavy atom. The van der Waals surface area contributed by atoms with Crippen LogP contribution in [-0.4, -0.2) is 14.2 Å². The molecule has 2 rings (SSSR count). The van der Waals surface area contributed by atoms with Gasteiger partial charge in [0.25, 0.3) is 0 Å². The van der Waals surface area contributed by atoms with Crippen molar-refractivity contribution in [2.45, 2.75) is 6.92 Å². The summed E-state index contributed by atoms with van der Waals surface area (Å²) in [6, 6.07) is 16.1. The van der Waals surface area contributed by atoms with Crippen LogP contribution in [-0.2, 0) is 0 Å². The molecule has 2 nitrogen and oxygen atoms in total. The minimum absolute atomic E-state index is 0.849. The number of ether oxygens (including phenoxy) is 2. The van der Waals surface area contributed by atoms with Crippen LogP contribution >= 0.6 is 0 Å². The molecule has 2 heteroatoms. The van der Waals surface area contributed by atoms with Crippen molar-refractivity contribution in [3.63, 3.8) is 0 Å². The summed E-state index contributed by atoms with van der Waals surface area (Å²) in [7, 11) is 3.36. The monoisotopic (exact) mass is 280 g/mol. The molecule has 0 aliphatic rings. The Morgan fingerprint density at radius 1 is 0.857 bits per heavy atom. The Kier molecular flexibility index (Phi) is 5.22. The van der Waals surface area contributed by atoms with E-state index in [9.17, 15) is 0 Å². The van der Waals surface area contributed by atoms with E-state index in [-0.39, 0.29) is 0 Å². The second-order valence-electron chi connectivity index (χ2n) is 4.57. The zero-order valence-corrected chi connectivity index (χ0v) is 12.7. The van der Waals surface area contributed by atoms with Gasteiger partial charge in [0.1, 0.15) is 11.5 Å². The van der Waals surface area contributed by atoms with Gasteiger partial charge in [0.15, 0.2) is 0 Å². The van der Waals surface area contributed by atoms with Crippen LogP contribution in [0.15, 0.2) is 66.8 Å². The predicted molar refractivity (Wildman–Crippen MR) is 87.9 cm³/mol. The quantitative estimate of drug-likeness (QED) is 0.738. The van der Waals surface area contributed by atoms with E-state index in [1.165, 1.54) is 0 Å². The van der Waals surface area contributed by atoms with Gasteiger partial charge < -0.3 is 9.47 Å². The second-order valence-corrected chi connectivity index (χ2v) is 4.57. The van der Waals surface area contributed by atoms with Crippen LogP contribution < -0.4 is 9.47 Å². The number of methoxy groups -OCH3 is 2. The number of hydrogen-bond acceptors (Lipinski definition) is 2. The molecule has 0 radical (unpaired) electrons. The van der Waals surface area contributed by atoms with Gasteiger partial charge in [0, 0.05) is 0 Å². The molecule has 0 aliphatic heterocycles. The molecule has 21 heavy (non-hydrogen) atoms. The normalized spacial score (nSPS) is 10.4. The van der Waals surface area contributed by atoms with E-state index in [0.29, 0.717) is 0 Å². The van der Waals surface area contributed by atoms with Gasteiger partial charge in [0.05, 0.1) is 14.2 Å². The average molecular weight is 280 g/mol. The second kappa shape index (κ2) is 7.34. The van der Waals surface area contributed by atoms with Crippen LogP contribution in [0.25, 0.3) is 5.57 Å². The lowest BCUT2D eigenvalue weighted by Gasteiger charge is -2.11.